The lowest BCUT2D eigenvalue weighted by Gasteiger charge is -2.12. The Hall–Kier alpha value is -3.41. The van der Waals surface area contributed by atoms with Crippen LogP contribution in [0.15, 0.2) is 62.3 Å². The van der Waals surface area contributed by atoms with Crippen LogP contribution in [0.25, 0.3) is 16.6 Å². The zero-order valence-corrected chi connectivity index (χ0v) is 20.5. The van der Waals surface area contributed by atoms with Crippen LogP contribution in [0.3, 0.4) is 0 Å². The monoisotopic (exact) mass is 517 g/mol. The molecule has 9 nitrogen and oxygen atoms in total. The van der Waals surface area contributed by atoms with Crippen molar-refractivity contribution in [3.63, 3.8) is 0 Å². The summed E-state index contributed by atoms with van der Waals surface area (Å²) >= 11 is 6.94. The molecule has 0 bridgehead atoms. The molecule has 2 heterocycles. The van der Waals surface area contributed by atoms with Crippen LogP contribution in [0.2, 0.25) is 4.34 Å². The SMILES string of the molecule is CCNc1ccc2c(=O)n(-c3ccc(NC(=O)NS(=O)c4ccc(Cl)s4)cc3C)c(=O)[nH]c2c1. The smallest absolute Gasteiger partial charge is 0.333 e. The summed E-state index contributed by atoms with van der Waals surface area (Å²) in [6.45, 7) is 4.38. The van der Waals surface area contributed by atoms with Gasteiger partial charge < -0.3 is 15.6 Å². The van der Waals surface area contributed by atoms with Gasteiger partial charge in [0.25, 0.3) is 5.56 Å². The number of hydrogen-bond acceptors (Lipinski definition) is 6. The average molecular weight is 518 g/mol. The van der Waals surface area contributed by atoms with Gasteiger partial charge in [0, 0.05) is 17.9 Å². The molecule has 4 N–H and O–H groups in total. The number of aromatic nitrogens is 2. The number of nitrogens with one attached hydrogen (secondary N) is 4. The van der Waals surface area contributed by atoms with Gasteiger partial charge in [-0.3, -0.25) is 9.52 Å². The predicted octanol–water partition coefficient (Wildman–Crippen LogP) is 3.98. The molecular weight excluding hydrogens is 498 g/mol. The van der Waals surface area contributed by atoms with Gasteiger partial charge >= 0.3 is 11.7 Å². The second-order valence-electron chi connectivity index (χ2n) is 7.25. The van der Waals surface area contributed by atoms with Crippen molar-refractivity contribution >= 4 is 62.2 Å². The fourth-order valence-electron chi connectivity index (χ4n) is 3.42. The van der Waals surface area contributed by atoms with Gasteiger partial charge in [0.15, 0.2) is 11.0 Å². The first kappa shape index (κ1) is 23.7. The van der Waals surface area contributed by atoms with Crippen LogP contribution in [0.4, 0.5) is 16.2 Å². The number of aryl methyl sites for hydroxylation is 1. The molecule has 1 unspecified atom stereocenters. The van der Waals surface area contributed by atoms with Gasteiger partial charge in [-0.25, -0.2) is 18.4 Å². The van der Waals surface area contributed by atoms with E-state index in [1.807, 2.05) is 6.92 Å². The molecule has 4 aromatic rings. The summed E-state index contributed by atoms with van der Waals surface area (Å²) in [5.74, 6) is 0. The van der Waals surface area contributed by atoms with Crippen molar-refractivity contribution in [3.05, 3.63) is 79.3 Å². The number of aromatic amines is 1. The number of anilines is 2. The summed E-state index contributed by atoms with van der Waals surface area (Å²) in [6, 6.07) is 12.4. The largest absolute Gasteiger partial charge is 0.385 e. The van der Waals surface area contributed by atoms with E-state index in [1.165, 1.54) is 0 Å². The minimum absolute atomic E-state index is 0.374. The second kappa shape index (κ2) is 9.84. The number of carbonyl (C=O) groups excluding carboxylic acids is 1. The molecule has 1 atom stereocenters. The molecular formula is C22H20ClN5O4S2. The number of fused-ring (bicyclic) bond motifs is 1. The molecule has 0 aliphatic rings. The van der Waals surface area contributed by atoms with E-state index in [-0.39, 0.29) is 0 Å². The molecule has 0 fully saturated rings. The van der Waals surface area contributed by atoms with Crippen LogP contribution in [0.5, 0.6) is 0 Å². The fraction of sp³-hybridized carbons (Fsp3) is 0.136. The molecule has 0 spiro atoms. The highest BCUT2D eigenvalue weighted by molar-refractivity contribution is 7.86. The fourth-order valence-corrected chi connectivity index (χ4v) is 5.55. The Kier molecular flexibility index (Phi) is 6.87. The maximum Gasteiger partial charge on any atom is 0.333 e. The number of halogens is 1. The van der Waals surface area contributed by atoms with Crippen molar-refractivity contribution in [3.8, 4) is 5.69 Å². The van der Waals surface area contributed by atoms with Crippen molar-refractivity contribution in [1.82, 2.24) is 14.3 Å². The van der Waals surface area contributed by atoms with Crippen molar-refractivity contribution < 1.29 is 9.00 Å². The Labute approximate surface area is 205 Å². The van der Waals surface area contributed by atoms with Gasteiger partial charge in [0.1, 0.15) is 4.21 Å². The maximum absolute atomic E-state index is 13.1. The van der Waals surface area contributed by atoms with Gasteiger partial charge in [-0.05, 0) is 67.9 Å². The van der Waals surface area contributed by atoms with E-state index in [0.717, 1.165) is 21.6 Å². The van der Waals surface area contributed by atoms with Gasteiger partial charge in [-0.1, -0.05) is 11.6 Å². The molecule has 0 aliphatic heterocycles. The van der Waals surface area contributed by atoms with Crippen molar-refractivity contribution in [2.75, 3.05) is 17.2 Å². The molecule has 2 amide bonds. The molecule has 0 saturated carbocycles. The summed E-state index contributed by atoms with van der Waals surface area (Å²) in [5.41, 5.74) is 1.59. The highest BCUT2D eigenvalue weighted by Gasteiger charge is 2.14. The van der Waals surface area contributed by atoms with Crippen LogP contribution in [0.1, 0.15) is 12.5 Å². The Balaban J connectivity index is 1.59. The molecule has 0 saturated heterocycles. The van der Waals surface area contributed by atoms with Crippen LogP contribution in [0, 0.1) is 6.92 Å². The summed E-state index contributed by atoms with van der Waals surface area (Å²) in [6.07, 6.45) is 0. The van der Waals surface area contributed by atoms with Gasteiger partial charge in [0.05, 0.1) is 20.9 Å². The minimum Gasteiger partial charge on any atom is -0.385 e. The Bertz CT molecular complexity index is 1540. The van der Waals surface area contributed by atoms with E-state index in [9.17, 15) is 18.6 Å². The lowest BCUT2D eigenvalue weighted by Crippen LogP contribution is -2.34. The Morgan fingerprint density at radius 1 is 1.12 bits per heavy atom. The third-order valence-electron chi connectivity index (χ3n) is 4.89. The zero-order valence-electron chi connectivity index (χ0n) is 18.1. The third-order valence-corrected chi connectivity index (χ3v) is 7.49. The maximum atomic E-state index is 13.1. The number of hydrogen-bond donors (Lipinski definition) is 4. The molecule has 2 aromatic heterocycles. The first-order valence-electron chi connectivity index (χ1n) is 10.2. The van der Waals surface area contributed by atoms with Gasteiger partial charge in [-0.2, -0.15) is 0 Å². The van der Waals surface area contributed by atoms with E-state index in [0.29, 0.717) is 42.9 Å². The third kappa shape index (κ3) is 4.91. The quantitative estimate of drug-likeness (QED) is 0.308. The molecule has 0 aliphatic carbocycles. The van der Waals surface area contributed by atoms with Crippen molar-refractivity contribution in [2.45, 2.75) is 18.1 Å². The van der Waals surface area contributed by atoms with Crippen LogP contribution in [-0.2, 0) is 11.0 Å². The highest BCUT2D eigenvalue weighted by atomic mass is 35.5. The highest BCUT2D eigenvalue weighted by Crippen LogP contribution is 2.24. The van der Waals surface area contributed by atoms with Crippen LogP contribution in [-0.4, -0.2) is 26.3 Å². The lowest BCUT2D eigenvalue weighted by atomic mass is 10.1. The molecule has 2 aromatic carbocycles. The number of thiophene rings is 1. The van der Waals surface area contributed by atoms with Crippen LogP contribution >= 0.6 is 22.9 Å². The standard InChI is InChI=1S/C22H20ClN5O4S2/c1-3-24-13-4-6-15-16(11-13)26-22(31)28(20(15)29)17-7-5-14(10-12(17)2)25-21(30)27-34(32)19-9-8-18(23)33-19/h4-11,24H,3H2,1-2H3,(H,26,31)(H2,25,27,30). The molecule has 34 heavy (non-hydrogen) atoms. The molecule has 12 heteroatoms. The van der Waals surface area contributed by atoms with Gasteiger partial charge in [0.2, 0.25) is 0 Å². The second-order valence-corrected chi connectivity index (χ2v) is 10.4. The Morgan fingerprint density at radius 3 is 2.56 bits per heavy atom. The molecule has 0 radical (unpaired) electrons. The summed E-state index contributed by atoms with van der Waals surface area (Å²) < 4.78 is 16.5. The number of urea groups is 1. The van der Waals surface area contributed by atoms with E-state index in [4.69, 9.17) is 11.6 Å². The number of nitrogens with zero attached hydrogens (tertiary/aromatic N) is 1. The Morgan fingerprint density at radius 2 is 1.88 bits per heavy atom. The van der Waals surface area contributed by atoms with E-state index >= 15 is 0 Å². The normalized spacial score (nSPS) is 11.9. The summed E-state index contributed by atoms with van der Waals surface area (Å²) in [4.78, 5) is 40.8. The number of rotatable bonds is 6. The number of H-pyrrole nitrogens is 1. The topological polar surface area (TPSA) is 125 Å². The number of benzene rings is 2. The molecule has 4 rings (SSSR count). The van der Waals surface area contributed by atoms with E-state index < -0.39 is 28.3 Å². The van der Waals surface area contributed by atoms with Crippen LogP contribution < -0.4 is 26.6 Å². The lowest BCUT2D eigenvalue weighted by molar-refractivity contribution is 0.257. The van der Waals surface area contributed by atoms with Crippen molar-refractivity contribution in [1.29, 1.82) is 0 Å². The molecule has 176 valence electrons. The number of carbonyl (C=O) groups is 1. The summed E-state index contributed by atoms with van der Waals surface area (Å²) in [7, 11) is -1.75. The van der Waals surface area contributed by atoms with E-state index in [1.54, 1.807) is 55.5 Å². The summed E-state index contributed by atoms with van der Waals surface area (Å²) in [5, 5.41) is 6.11. The average Bonchev–Trinajstić information content (AvgIpc) is 3.21. The number of amides is 2. The first-order valence-corrected chi connectivity index (χ1v) is 12.5. The van der Waals surface area contributed by atoms with E-state index in [2.05, 4.69) is 20.3 Å². The van der Waals surface area contributed by atoms with Gasteiger partial charge in [-0.15, -0.1) is 11.3 Å². The predicted molar refractivity (Wildman–Crippen MR) is 137 cm³/mol. The zero-order chi connectivity index (χ0) is 24.4. The minimum atomic E-state index is -1.75. The van der Waals surface area contributed by atoms with Crippen molar-refractivity contribution in [2.24, 2.45) is 0 Å². The first-order chi connectivity index (χ1) is 16.3.